The molecule has 0 saturated carbocycles. The van der Waals surface area contributed by atoms with E-state index in [1.165, 1.54) is 6.08 Å². The number of ether oxygens (including phenoxy) is 7. The number of hydrogen-bond donors (Lipinski definition) is 8. The number of aliphatic hydroxyl groups is 8. The molecule has 48 heavy (non-hydrogen) atoms. The van der Waals surface area contributed by atoms with Gasteiger partial charge in [-0.05, 0) is 31.0 Å². The monoisotopic (exact) mass is 686 g/mol. The molecule has 3 aliphatic heterocycles. The normalized spacial score (nSPS) is 36.2. The molecule has 4 rings (SSSR count). The summed E-state index contributed by atoms with van der Waals surface area (Å²) in [4.78, 5) is 25.7. The number of rotatable bonds is 12. The number of esters is 2. The first-order valence-electron chi connectivity index (χ1n) is 15.2. The van der Waals surface area contributed by atoms with Crippen LogP contribution in [0, 0.1) is 5.92 Å². The quantitative estimate of drug-likeness (QED) is 0.0624. The van der Waals surface area contributed by atoms with Crippen LogP contribution in [0.4, 0.5) is 0 Å². The van der Waals surface area contributed by atoms with E-state index < -0.39 is 98.8 Å². The van der Waals surface area contributed by atoms with Gasteiger partial charge >= 0.3 is 11.9 Å². The van der Waals surface area contributed by atoms with Crippen molar-refractivity contribution in [1.82, 2.24) is 0 Å². The molecule has 2 fully saturated rings. The van der Waals surface area contributed by atoms with E-state index in [1.807, 2.05) is 0 Å². The van der Waals surface area contributed by atoms with E-state index in [0.717, 1.165) is 18.9 Å². The fourth-order valence-electron chi connectivity index (χ4n) is 5.60. The Labute approximate surface area is 275 Å². The van der Waals surface area contributed by atoms with Gasteiger partial charge in [0, 0.05) is 18.1 Å². The van der Waals surface area contributed by atoms with Gasteiger partial charge in [-0.3, -0.25) is 4.79 Å². The lowest BCUT2D eigenvalue weighted by Crippen LogP contribution is -2.65. The van der Waals surface area contributed by atoms with Crippen LogP contribution in [-0.4, -0.2) is 147 Å². The summed E-state index contributed by atoms with van der Waals surface area (Å²) in [7, 11) is 1.15. The zero-order chi connectivity index (χ0) is 35.1. The lowest BCUT2D eigenvalue weighted by Gasteiger charge is -2.46. The van der Waals surface area contributed by atoms with Crippen molar-refractivity contribution >= 4 is 11.9 Å². The van der Waals surface area contributed by atoms with Crippen LogP contribution < -0.4 is 4.74 Å². The van der Waals surface area contributed by atoms with Crippen LogP contribution >= 0.6 is 0 Å². The summed E-state index contributed by atoms with van der Waals surface area (Å²) in [6.45, 7) is -0.00734. The maximum Gasteiger partial charge on any atom is 0.337 e. The van der Waals surface area contributed by atoms with Gasteiger partial charge in [0.2, 0.25) is 6.29 Å². The average Bonchev–Trinajstić information content (AvgIpc) is 3.08. The molecular formula is C31H42O17. The second-order valence-corrected chi connectivity index (χ2v) is 11.3. The molecule has 0 radical (unpaired) electrons. The van der Waals surface area contributed by atoms with E-state index >= 15 is 0 Å². The van der Waals surface area contributed by atoms with Crippen LogP contribution in [0.2, 0.25) is 0 Å². The number of hydrogen-bond acceptors (Lipinski definition) is 17. The maximum atomic E-state index is 13.1. The predicted octanol–water partition coefficient (Wildman–Crippen LogP) is -2.87. The molecule has 3 aliphatic rings. The van der Waals surface area contributed by atoms with E-state index in [4.69, 9.17) is 38.3 Å². The second-order valence-electron chi connectivity index (χ2n) is 11.3. The van der Waals surface area contributed by atoms with E-state index in [1.54, 1.807) is 31.2 Å². The molecule has 0 bridgehead atoms. The van der Waals surface area contributed by atoms with Crippen molar-refractivity contribution in [3.8, 4) is 5.75 Å². The number of aliphatic hydroxyl groups excluding tert-OH is 8. The van der Waals surface area contributed by atoms with Crippen LogP contribution in [0.25, 0.3) is 0 Å². The lowest BCUT2D eigenvalue weighted by molar-refractivity contribution is -0.369. The summed E-state index contributed by atoms with van der Waals surface area (Å²) in [5.74, 6) is -2.30. The van der Waals surface area contributed by atoms with E-state index in [2.05, 4.69) is 0 Å². The minimum atomic E-state index is -1.87. The van der Waals surface area contributed by atoms with Crippen LogP contribution in [0.1, 0.15) is 18.9 Å². The zero-order valence-corrected chi connectivity index (χ0v) is 26.2. The van der Waals surface area contributed by atoms with Crippen molar-refractivity contribution in [2.45, 2.75) is 87.5 Å². The molecule has 2 saturated heterocycles. The molecule has 3 heterocycles. The zero-order valence-electron chi connectivity index (χ0n) is 26.2. The molecule has 1 aromatic rings. The second kappa shape index (κ2) is 17.1. The number of allylic oxidation sites excluding steroid dienone is 1. The Bertz CT molecular complexity index is 1280. The number of carbonyl (C=O) groups excluding carboxylic acids is 2. The van der Waals surface area contributed by atoms with Crippen LogP contribution in [0.15, 0.2) is 47.7 Å². The van der Waals surface area contributed by atoms with Gasteiger partial charge in [0.15, 0.2) is 12.6 Å². The average molecular weight is 687 g/mol. The minimum Gasteiger partial charge on any atom is -0.468 e. The topological polar surface area (TPSA) is 261 Å². The van der Waals surface area contributed by atoms with Crippen molar-refractivity contribution in [3.05, 3.63) is 53.3 Å². The summed E-state index contributed by atoms with van der Waals surface area (Å²) < 4.78 is 38.4. The Morgan fingerprint density at radius 3 is 2.04 bits per heavy atom. The first-order chi connectivity index (χ1) is 23.0. The molecule has 17 nitrogen and oxygen atoms in total. The summed E-state index contributed by atoms with van der Waals surface area (Å²) in [5.41, 5.74) is 1.01. The van der Waals surface area contributed by atoms with Gasteiger partial charge in [0.25, 0.3) is 0 Å². The Morgan fingerprint density at radius 2 is 1.46 bits per heavy atom. The van der Waals surface area contributed by atoms with E-state index in [0.29, 0.717) is 6.42 Å². The van der Waals surface area contributed by atoms with Gasteiger partial charge in [-0.1, -0.05) is 18.2 Å². The molecular weight excluding hydrogens is 644 g/mol. The van der Waals surface area contributed by atoms with Gasteiger partial charge in [-0.2, -0.15) is 0 Å². The summed E-state index contributed by atoms with van der Waals surface area (Å²) in [6, 6.07) is 6.50. The third-order valence-corrected chi connectivity index (χ3v) is 8.27. The molecule has 0 aromatic heterocycles. The van der Waals surface area contributed by atoms with Crippen molar-refractivity contribution in [2.75, 3.05) is 26.9 Å². The standard InChI is InChI=1S/C31H42O17/c1-3-16-17(10-21(35)44-15-6-4-14(5-7-15)8-9-32)18(28(41)42-2)13-43-29(16)48-31-26(40)27(23(37)20(12-34)46-31)47-30-25(39)24(38)22(36)19(11-33)45-30/h3-7,13,17,19-20,22-27,29-34,36-40H,8-12H2,1-2H3/b16-3+/t17-,19+,20+,22+,23+,24-,25+,26+,27-,29-,30-,31-/m0/s1. The summed E-state index contributed by atoms with van der Waals surface area (Å²) >= 11 is 0. The molecule has 17 heteroatoms. The predicted molar refractivity (Wildman–Crippen MR) is 157 cm³/mol. The molecule has 0 spiro atoms. The van der Waals surface area contributed by atoms with E-state index in [9.17, 15) is 45.3 Å². The molecule has 0 unspecified atom stereocenters. The fourth-order valence-corrected chi connectivity index (χ4v) is 5.60. The highest BCUT2D eigenvalue weighted by molar-refractivity contribution is 5.91. The number of carbonyl (C=O) groups is 2. The molecule has 0 amide bonds. The van der Waals surface area contributed by atoms with Gasteiger partial charge < -0.3 is 74.0 Å². The van der Waals surface area contributed by atoms with Crippen molar-refractivity contribution < 1.29 is 83.6 Å². The summed E-state index contributed by atoms with van der Waals surface area (Å²) in [6.07, 6.45) is -15.7. The third kappa shape index (κ3) is 8.39. The Balaban J connectivity index is 1.52. The molecule has 12 atom stereocenters. The highest BCUT2D eigenvalue weighted by Crippen LogP contribution is 2.37. The van der Waals surface area contributed by atoms with Crippen LogP contribution in [-0.2, 0) is 44.4 Å². The minimum absolute atomic E-state index is 0.0433. The smallest absolute Gasteiger partial charge is 0.337 e. The van der Waals surface area contributed by atoms with Crippen molar-refractivity contribution in [3.63, 3.8) is 0 Å². The van der Waals surface area contributed by atoms with Crippen molar-refractivity contribution in [1.29, 1.82) is 0 Å². The SMILES string of the molecule is C/C=C1/[C@H](O[C@@H]2O[C@H](CO)[C@@H](O)[C@H](O[C@@H]3O[C@H](CO)[C@@H](O)[C@H](O)[C@H]3O)[C@H]2O)OC=C(C(=O)OC)[C@H]1CC(=O)Oc1ccc(CCO)cc1. The van der Waals surface area contributed by atoms with Gasteiger partial charge in [-0.15, -0.1) is 0 Å². The van der Waals surface area contributed by atoms with E-state index in [-0.39, 0.29) is 29.9 Å². The third-order valence-electron chi connectivity index (χ3n) is 8.27. The number of methoxy groups -OCH3 is 1. The molecule has 1 aromatic carbocycles. The fraction of sp³-hybridized carbons (Fsp3) is 0.613. The Hall–Kier alpha value is -3.04. The maximum absolute atomic E-state index is 13.1. The largest absolute Gasteiger partial charge is 0.468 e. The molecule has 8 N–H and O–H groups in total. The van der Waals surface area contributed by atoms with Gasteiger partial charge in [-0.25, -0.2) is 4.79 Å². The van der Waals surface area contributed by atoms with Crippen LogP contribution in [0.3, 0.4) is 0 Å². The first-order valence-corrected chi connectivity index (χ1v) is 15.2. The lowest BCUT2D eigenvalue weighted by atomic mass is 9.86. The Morgan fingerprint density at radius 1 is 0.833 bits per heavy atom. The van der Waals surface area contributed by atoms with Crippen molar-refractivity contribution in [2.24, 2.45) is 5.92 Å². The summed E-state index contributed by atoms with van der Waals surface area (Å²) in [5, 5.41) is 81.2. The van der Waals surface area contributed by atoms with Gasteiger partial charge in [0.1, 0.15) is 54.6 Å². The first kappa shape index (κ1) is 37.8. The highest BCUT2D eigenvalue weighted by Gasteiger charge is 2.52. The molecule has 0 aliphatic carbocycles. The van der Waals surface area contributed by atoms with Crippen LogP contribution in [0.5, 0.6) is 5.75 Å². The number of benzene rings is 1. The Kier molecular flexibility index (Phi) is 13.4. The highest BCUT2D eigenvalue weighted by atomic mass is 16.8. The van der Waals surface area contributed by atoms with Gasteiger partial charge in [0.05, 0.1) is 38.6 Å². The molecule has 268 valence electrons.